The molecule has 0 bridgehead atoms. The van der Waals surface area contributed by atoms with Crippen molar-refractivity contribution < 1.29 is 22.4 Å². The zero-order chi connectivity index (χ0) is 19.6. The third-order valence-electron chi connectivity index (χ3n) is 4.71. The summed E-state index contributed by atoms with van der Waals surface area (Å²) < 4.78 is 51.0. The van der Waals surface area contributed by atoms with Gasteiger partial charge in [0.1, 0.15) is 11.6 Å². The molecule has 8 heteroatoms. The first-order valence-corrected chi connectivity index (χ1v) is 8.59. The van der Waals surface area contributed by atoms with E-state index >= 15 is 0 Å². The highest BCUT2D eigenvalue weighted by atomic mass is 19.4. The SMILES string of the molecule is Cc1cc(F)ccc1NC(=O)C1CCN(c2ccc(C(F)(F)F)cn2)CC1. The Hall–Kier alpha value is -2.64. The number of benzene rings is 1. The number of hydrogen-bond donors (Lipinski definition) is 1. The molecule has 27 heavy (non-hydrogen) atoms. The Balaban J connectivity index is 1.57. The van der Waals surface area contributed by atoms with E-state index in [1.54, 1.807) is 6.92 Å². The molecule has 2 heterocycles. The van der Waals surface area contributed by atoms with E-state index in [-0.39, 0.29) is 17.6 Å². The Morgan fingerprint density at radius 2 is 1.89 bits per heavy atom. The maximum atomic E-state index is 13.1. The number of aryl methyl sites for hydroxylation is 1. The zero-order valence-corrected chi connectivity index (χ0v) is 14.7. The van der Waals surface area contributed by atoms with Crippen molar-refractivity contribution in [2.75, 3.05) is 23.3 Å². The fraction of sp³-hybridized carbons (Fsp3) is 0.368. The second-order valence-corrected chi connectivity index (χ2v) is 6.61. The van der Waals surface area contributed by atoms with Crippen molar-refractivity contribution in [2.45, 2.75) is 25.9 Å². The molecule has 1 aromatic heterocycles. The normalized spacial score (nSPS) is 15.7. The predicted molar refractivity (Wildman–Crippen MR) is 93.9 cm³/mol. The van der Waals surface area contributed by atoms with Crippen LogP contribution in [0.25, 0.3) is 0 Å². The molecule has 1 aliphatic rings. The summed E-state index contributed by atoms with van der Waals surface area (Å²) in [6.45, 7) is 2.77. The van der Waals surface area contributed by atoms with E-state index in [9.17, 15) is 22.4 Å². The number of nitrogens with one attached hydrogen (secondary N) is 1. The Morgan fingerprint density at radius 3 is 2.44 bits per heavy atom. The number of piperidine rings is 1. The van der Waals surface area contributed by atoms with Gasteiger partial charge in [0, 0.05) is 30.9 Å². The van der Waals surface area contributed by atoms with E-state index in [1.807, 2.05) is 4.90 Å². The topological polar surface area (TPSA) is 45.2 Å². The van der Waals surface area contributed by atoms with Crippen molar-refractivity contribution in [3.05, 3.63) is 53.5 Å². The molecule has 0 aliphatic carbocycles. The van der Waals surface area contributed by atoms with Crippen molar-refractivity contribution in [1.29, 1.82) is 0 Å². The smallest absolute Gasteiger partial charge is 0.357 e. The van der Waals surface area contributed by atoms with Gasteiger partial charge in [0.15, 0.2) is 0 Å². The second kappa shape index (κ2) is 7.54. The maximum Gasteiger partial charge on any atom is 0.417 e. The van der Waals surface area contributed by atoms with Crippen LogP contribution in [-0.4, -0.2) is 24.0 Å². The molecule has 144 valence electrons. The number of carbonyl (C=O) groups is 1. The van der Waals surface area contributed by atoms with Crippen molar-refractivity contribution in [1.82, 2.24) is 4.98 Å². The zero-order valence-electron chi connectivity index (χ0n) is 14.7. The Morgan fingerprint density at radius 1 is 1.19 bits per heavy atom. The average Bonchev–Trinajstić information content (AvgIpc) is 2.63. The van der Waals surface area contributed by atoms with Gasteiger partial charge < -0.3 is 10.2 Å². The molecule has 2 aromatic rings. The van der Waals surface area contributed by atoms with E-state index in [0.717, 1.165) is 12.3 Å². The first-order chi connectivity index (χ1) is 12.7. The molecule has 0 radical (unpaired) electrons. The van der Waals surface area contributed by atoms with Crippen LogP contribution in [0.3, 0.4) is 0 Å². The molecule has 1 aliphatic heterocycles. The number of pyridine rings is 1. The van der Waals surface area contributed by atoms with Gasteiger partial charge in [0.05, 0.1) is 5.56 Å². The quantitative estimate of drug-likeness (QED) is 0.802. The minimum absolute atomic E-state index is 0.135. The highest BCUT2D eigenvalue weighted by molar-refractivity contribution is 5.93. The summed E-state index contributed by atoms with van der Waals surface area (Å²) in [6, 6.07) is 6.54. The molecule has 0 unspecified atom stereocenters. The molecule has 3 rings (SSSR count). The third kappa shape index (κ3) is 4.56. The summed E-state index contributed by atoms with van der Waals surface area (Å²) in [6.07, 6.45) is -2.45. The molecule has 1 fully saturated rings. The van der Waals surface area contributed by atoms with E-state index in [1.165, 1.54) is 24.3 Å². The average molecular weight is 381 g/mol. The van der Waals surface area contributed by atoms with Crippen LogP contribution in [-0.2, 0) is 11.0 Å². The minimum atomic E-state index is -4.41. The first-order valence-electron chi connectivity index (χ1n) is 8.59. The predicted octanol–water partition coefficient (Wildman–Crippen LogP) is 4.40. The number of hydrogen-bond acceptors (Lipinski definition) is 3. The van der Waals surface area contributed by atoms with Gasteiger partial charge in [-0.05, 0) is 55.7 Å². The Kier molecular flexibility index (Phi) is 5.34. The van der Waals surface area contributed by atoms with Crippen molar-refractivity contribution in [3.63, 3.8) is 0 Å². The molecule has 0 saturated carbocycles. The largest absolute Gasteiger partial charge is 0.417 e. The first kappa shape index (κ1) is 19.1. The van der Waals surface area contributed by atoms with Gasteiger partial charge in [0.2, 0.25) is 5.91 Å². The molecule has 0 spiro atoms. The van der Waals surface area contributed by atoms with Crippen LogP contribution in [0.15, 0.2) is 36.5 Å². The molecule has 0 atom stereocenters. The van der Waals surface area contributed by atoms with Crippen LogP contribution in [0.4, 0.5) is 29.1 Å². The molecular weight excluding hydrogens is 362 g/mol. The summed E-state index contributed by atoms with van der Waals surface area (Å²) in [5.41, 5.74) is 0.443. The third-order valence-corrected chi connectivity index (χ3v) is 4.71. The molecular formula is C19H19F4N3O. The number of halogens is 4. The van der Waals surface area contributed by atoms with Crippen molar-refractivity contribution >= 4 is 17.4 Å². The monoisotopic (exact) mass is 381 g/mol. The van der Waals surface area contributed by atoms with E-state index in [4.69, 9.17) is 0 Å². The van der Waals surface area contributed by atoms with Gasteiger partial charge in [0.25, 0.3) is 0 Å². The lowest BCUT2D eigenvalue weighted by Gasteiger charge is -2.32. The second-order valence-electron chi connectivity index (χ2n) is 6.61. The molecule has 1 N–H and O–H groups in total. The number of amides is 1. The lowest BCUT2D eigenvalue weighted by atomic mass is 9.95. The fourth-order valence-corrected chi connectivity index (χ4v) is 3.11. The summed E-state index contributed by atoms with van der Waals surface area (Å²) in [7, 11) is 0. The number of anilines is 2. The van der Waals surface area contributed by atoms with E-state index in [0.29, 0.717) is 43.0 Å². The number of nitrogens with zero attached hydrogens (tertiary/aromatic N) is 2. The number of alkyl halides is 3. The van der Waals surface area contributed by atoms with Crippen molar-refractivity contribution in [3.8, 4) is 0 Å². The maximum absolute atomic E-state index is 13.1. The van der Waals surface area contributed by atoms with Gasteiger partial charge in [-0.25, -0.2) is 9.37 Å². The Labute approximate surface area is 154 Å². The fourth-order valence-electron chi connectivity index (χ4n) is 3.11. The van der Waals surface area contributed by atoms with Crippen LogP contribution in [0.2, 0.25) is 0 Å². The number of carbonyl (C=O) groups excluding carboxylic acids is 1. The van der Waals surface area contributed by atoms with Crippen LogP contribution < -0.4 is 10.2 Å². The number of rotatable bonds is 3. The van der Waals surface area contributed by atoms with Crippen LogP contribution in [0.5, 0.6) is 0 Å². The van der Waals surface area contributed by atoms with Gasteiger partial charge in [-0.1, -0.05) is 0 Å². The van der Waals surface area contributed by atoms with Gasteiger partial charge in [-0.15, -0.1) is 0 Å². The van der Waals surface area contributed by atoms with Gasteiger partial charge >= 0.3 is 6.18 Å². The molecule has 1 amide bonds. The molecule has 4 nitrogen and oxygen atoms in total. The van der Waals surface area contributed by atoms with E-state index < -0.39 is 11.7 Å². The summed E-state index contributed by atoms with van der Waals surface area (Å²) in [5.74, 6) is -0.232. The standard InChI is InChI=1S/C19H19F4N3O/c1-12-10-15(20)3-4-16(12)25-18(27)13-6-8-26(9-7-13)17-5-2-14(11-24-17)19(21,22)23/h2-5,10-11,13H,6-9H2,1H3,(H,25,27). The number of aromatic nitrogens is 1. The summed E-state index contributed by atoms with van der Waals surface area (Å²) in [4.78, 5) is 18.2. The minimum Gasteiger partial charge on any atom is -0.357 e. The summed E-state index contributed by atoms with van der Waals surface area (Å²) >= 11 is 0. The highest BCUT2D eigenvalue weighted by Crippen LogP contribution is 2.30. The molecule has 1 aromatic carbocycles. The molecule has 1 saturated heterocycles. The Bertz CT molecular complexity index is 813. The van der Waals surface area contributed by atoms with Crippen molar-refractivity contribution in [2.24, 2.45) is 5.92 Å². The van der Waals surface area contributed by atoms with Crippen LogP contribution in [0, 0.1) is 18.7 Å². The van der Waals surface area contributed by atoms with Gasteiger partial charge in [-0.2, -0.15) is 13.2 Å². The lowest BCUT2D eigenvalue weighted by molar-refractivity contribution is -0.137. The van der Waals surface area contributed by atoms with Crippen LogP contribution >= 0.6 is 0 Å². The van der Waals surface area contributed by atoms with E-state index in [2.05, 4.69) is 10.3 Å². The van der Waals surface area contributed by atoms with Crippen LogP contribution in [0.1, 0.15) is 24.0 Å². The lowest BCUT2D eigenvalue weighted by Crippen LogP contribution is -2.38. The highest BCUT2D eigenvalue weighted by Gasteiger charge is 2.31. The van der Waals surface area contributed by atoms with Gasteiger partial charge in [-0.3, -0.25) is 4.79 Å². The summed E-state index contributed by atoms with van der Waals surface area (Å²) in [5, 5.41) is 2.82.